The summed E-state index contributed by atoms with van der Waals surface area (Å²) >= 11 is 9.56. The number of halogens is 2. The molecule has 1 fully saturated rings. The molecule has 0 aromatic heterocycles. The molecule has 0 radical (unpaired) electrons. The molecule has 0 N–H and O–H groups in total. The van der Waals surface area contributed by atoms with Gasteiger partial charge in [-0.25, -0.2) is 0 Å². The summed E-state index contributed by atoms with van der Waals surface area (Å²) in [5.74, 6) is 0.00948. The third-order valence-electron chi connectivity index (χ3n) is 4.12. The minimum Gasteiger partial charge on any atom is -0.339 e. The summed E-state index contributed by atoms with van der Waals surface area (Å²) in [6.07, 6.45) is 3.26. The maximum atomic E-state index is 12.6. The lowest BCUT2D eigenvalue weighted by Gasteiger charge is -2.36. The van der Waals surface area contributed by atoms with Gasteiger partial charge in [-0.15, -0.1) is 0 Å². The van der Waals surface area contributed by atoms with Gasteiger partial charge in [-0.1, -0.05) is 34.5 Å². The number of amides is 1. The second-order valence-corrected chi connectivity index (χ2v) is 6.94. The molecule has 1 aliphatic heterocycles. The van der Waals surface area contributed by atoms with Crippen LogP contribution in [0.25, 0.3) is 0 Å². The fourth-order valence-corrected chi connectivity index (χ4v) is 3.42. The van der Waals surface area contributed by atoms with Crippen LogP contribution in [0.5, 0.6) is 0 Å². The molecule has 3 nitrogen and oxygen atoms in total. The summed E-state index contributed by atoms with van der Waals surface area (Å²) in [5.41, 5.74) is 0.574. The van der Waals surface area contributed by atoms with Gasteiger partial charge >= 0.3 is 0 Å². The summed E-state index contributed by atoms with van der Waals surface area (Å²) in [5, 5.41) is 0.512. The molecule has 21 heavy (non-hydrogen) atoms. The molecule has 116 valence electrons. The van der Waals surface area contributed by atoms with E-state index in [9.17, 15) is 4.79 Å². The maximum Gasteiger partial charge on any atom is 0.255 e. The van der Waals surface area contributed by atoms with E-state index in [0.717, 1.165) is 36.9 Å². The van der Waals surface area contributed by atoms with Crippen molar-refractivity contribution in [1.82, 2.24) is 9.80 Å². The lowest BCUT2D eigenvalue weighted by Crippen LogP contribution is -2.45. The Labute approximate surface area is 140 Å². The highest BCUT2D eigenvalue weighted by Gasteiger charge is 2.26. The second kappa shape index (κ2) is 7.61. The highest BCUT2D eigenvalue weighted by atomic mass is 79.9. The summed E-state index contributed by atoms with van der Waals surface area (Å²) < 4.78 is 0.876. The van der Waals surface area contributed by atoms with Gasteiger partial charge in [-0.2, -0.15) is 0 Å². The van der Waals surface area contributed by atoms with Crippen molar-refractivity contribution in [2.75, 3.05) is 26.7 Å². The minimum atomic E-state index is 0.00948. The first kappa shape index (κ1) is 16.8. The third-order valence-corrected chi connectivity index (χ3v) is 4.95. The van der Waals surface area contributed by atoms with E-state index in [2.05, 4.69) is 27.8 Å². The molecule has 0 saturated carbocycles. The Morgan fingerprint density at radius 3 is 2.71 bits per heavy atom. The second-order valence-electron chi connectivity index (χ2n) is 5.61. The number of nitrogens with zero attached hydrogens (tertiary/aromatic N) is 2. The monoisotopic (exact) mass is 372 g/mol. The molecule has 0 bridgehead atoms. The number of likely N-dealkylation sites (tertiary alicyclic amines) is 1. The molecule has 2 rings (SSSR count). The molecule has 1 aliphatic rings. The van der Waals surface area contributed by atoms with Crippen molar-refractivity contribution >= 4 is 33.4 Å². The number of piperidine rings is 1. The van der Waals surface area contributed by atoms with Crippen molar-refractivity contribution in [2.45, 2.75) is 32.2 Å². The van der Waals surface area contributed by atoms with Gasteiger partial charge in [-0.3, -0.25) is 4.79 Å². The van der Waals surface area contributed by atoms with Crippen LogP contribution in [0, 0.1) is 0 Å². The summed E-state index contributed by atoms with van der Waals surface area (Å²) in [7, 11) is 1.89. The number of carbonyl (C=O) groups excluding carboxylic acids is 1. The molecule has 1 aromatic rings. The van der Waals surface area contributed by atoms with Crippen LogP contribution in [0.2, 0.25) is 5.02 Å². The van der Waals surface area contributed by atoms with Gasteiger partial charge < -0.3 is 9.80 Å². The van der Waals surface area contributed by atoms with Crippen LogP contribution < -0.4 is 0 Å². The predicted octanol–water partition coefficient (Wildman–Crippen LogP) is 4.05. The van der Waals surface area contributed by atoms with Crippen LogP contribution in [0.4, 0.5) is 0 Å². The molecule has 0 atom stereocenters. The van der Waals surface area contributed by atoms with Crippen LogP contribution in [0.15, 0.2) is 22.7 Å². The van der Waals surface area contributed by atoms with Crippen LogP contribution in [0.1, 0.15) is 36.5 Å². The van der Waals surface area contributed by atoms with Gasteiger partial charge in [0.2, 0.25) is 0 Å². The van der Waals surface area contributed by atoms with E-state index in [-0.39, 0.29) is 5.91 Å². The molecular weight excluding hydrogens is 352 g/mol. The fourth-order valence-electron chi connectivity index (χ4n) is 2.86. The highest BCUT2D eigenvalue weighted by molar-refractivity contribution is 9.10. The number of benzene rings is 1. The molecule has 0 aliphatic carbocycles. The Morgan fingerprint density at radius 2 is 2.10 bits per heavy atom. The highest BCUT2D eigenvalue weighted by Crippen LogP contribution is 2.24. The lowest BCUT2D eigenvalue weighted by atomic mass is 10.0. The molecule has 0 spiro atoms. The molecule has 1 saturated heterocycles. The Kier molecular flexibility index (Phi) is 6.08. The van der Waals surface area contributed by atoms with Crippen molar-refractivity contribution in [2.24, 2.45) is 0 Å². The molecular formula is C16H22BrClN2O. The third kappa shape index (κ3) is 4.21. The molecule has 1 amide bonds. The summed E-state index contributed by atoms with van der Waals surface area (Å²) in [6.45, 7) is 5.50. The normalized spacial score (nSPS) is 17.0. The first-order valence-electron chi connectivity index (χ1n) is 7.47. The van der Waals surface area contributed by atoms with Gasteiger partial charge in [0.05, 0.1) is 10.6 Å². The standard InChI is InChI=1S/C16H22BrClN2O/c1-3-8-20-9-6-13(7-10-20)19(2)16(21)14-11-12(17)4-5-15(14)18/h4-5,11,13H,3,6-10H2,1-2H3. The smallest absolute Gasteiger partial charge is 0.255 e. The zero-order valence-corrected chi connectivity index (χ0v) is 15.0. The van der Waals surface area contributed by atoms with Crippen molar-refractivity contribution in [3.05, 3.63) is 33.3 Å². The first-order valence-corrected chi connectivity index (χ1v) is 8.64. The number of hydrogen-bond donors (Lipinski definition) is 0. The predicted molar refractivity (Wildman–Crippen MR) is 91.0 cm³/mol. The summed E-state index contributed by atoms with van der Waals surface area (Å²) in [6, 6.07) is 5.72. The van der Waals surface area contributed by atoms with E-state index in [0.29, 0.717) is 16.6 Å². The van der Waals surface area contributed by atoms with E-state index >= 15 is 0 Å². The topological polar surface area (TPSA) is 23.6 Å². The van der Waals surface area contributed by atoms with Gasteiger partial charge in [0.1, 0.15) is 0 Å². The number of hydrogen-bond acceptors (Lipinski definition) is 2. The molecule has 1 aromatic carbocycles. The van der Waals surface area contributed by atoms with E-state index < -0.39 is 0 Å². The Bertz CT molecular complexity index is 501. The van der Waals surface area contributed by atoms with Crippen molar-refractivity contribution < 1.29 is 4.79 Å². The van der Waals surface area contributed by atoms with Crippen LogP contribution >= 0.6 is 27.5 Å². The average Bonchev–Trinajstić information content (AvgIpc) is 2.49. The quantitative estimate of drug-likeness (QED) is 0.795. The van der Waals surface area contributed by atoms with E-state index in [4.69, 9.17) is 11.6 Å². The Balaban J connectivity index is 2.01. The van der Waals surface area contributed by atoms with Gasteiger partial charge in [-0.05, 0) is 44.0 Å². The van der Waals surface area contributed by atoms with Gasteiger partial charge in [0.25, 0.3) is 5.91 Å². The van der Waals surface area contributed by atoms with Crippen molar-refractivity contribution in [1.29, 1.82) is 0 Å². The van der Waals surface area contributed by atoms with Crippen molar-refractivity contribution in [3.8, 4) is 0 Å². The zero-order valence-electron chi connectivity index (χ0n) is 12.6. The van der Waals surface area contributed by atoms with E-state index in [1.165, 1.54) is 6.42 Å². The van der Waals surface area contributed by atoms with Crippen LogP contribution in [-0.4, -0.2) is 48.4 Å². The number of rotatable bonds is 4. The lowest BCUT2D eigenvalue weighted by molar-refractivity contribution is 0.0643. The minimum absolute atomic E-state index is 0.00948. The SMILES string of the molecule is CCCN1CCC(N(C)C(=O)c2cc(Br)ccc2Cl)CC1. The van der Waals surface area contributed by atoms with Crippen LogP contribution in [-0.2, 0) is 0 Å². The average molecular weight is 374 g/mol. The van der Waals surface area contributed by atoms with Crippen molar-refractivity contribution in [3.63, 3.8) is 0 Å². The van der Waals surface area contributed by atoms with E-state index in [1.807, 2.05) is 18.0 Å². The summed E-state index contributed by atoms with van der Waals surface area (Å²) in [4.78, 5) is 17.0. The van der Waals surface area contributed by atoms with E-state index in [1.54, 1.807) is 12.1 Å². The number of carbonyl (C=O) groups is 1. The zero-order chi connectivity index (χ0) is 15.4. The Hall–Kier alpha value is -0.580. The largest absolute Gasteiger partial charge is 0.339 e. The fraction of sp³-hybridized carbons (Fsp3) is 0.562. The van der Waals surface area contributed by atoms with Crippen LogP contribution in [0.3, 0.4) is 0 Å². The molecule has 5 heteroatoms. The first-order chi connectivity index (χ1) is 10.0. The maximum absolute atomic E-state index is 12.6. The van der Waals surface area contributed by atoms with Gasteiger partial charge in [0.15, 0.2) is 0 Å². The van der Waals surface area contributed by atoms with Gasteiger partial charge in [0, 0.05) is 30.7 Å². The Morgan fingerprint density at radius 1 is 1.43 bits per heavy atom. The molecule has 1 heterocycles. The molecule has 0 unspecified atom stereocenters.